The normalized spacial score (nSPS) is 16.8. The number of hydrogen-bond acceptors (Lipinski definition) is 5. The minimum Gasteiger partial charge on any atom is -0.493 e. The number of carbonyl (C=O) groups is 2. The van der Waals surface area contributed by atoms with E-state index in [1.165, 1.54) is 14.2 Å². The van der Waals surface area contributed by atoms with E-state index in [1.807, 2.05) is 6.92 Å². The summed E-state index contributed by atoms with van der Waals surface area (Å²) in [4.78, 5) is 24.2. The summed E-state index contributed by atoms with van der Waals surface area (Å²) in [5, 5.41) is 0. The zero-order valence-corrected chi connectivity index (χ0v) is 11.9. The van der Waals surface area contributed by atoms with Crippen LogP contribution in [0.15, 0.2) is 12.1 Å². The Balaban J connectivity index is 2.30. The average molecular weight is 278 g/mol. The summed E-state index contributed by atoms with van der Waals surface area (Å²) in [7, 11) is 3.05. The van der Waals surface area contributed by atoms with Gasteiger partial charge in [0.05, 0.1) is 20.8 Å². The lowest BCUT2D eigenvalue weighted by Gasteiger charge is -2.11. The van der Waals surface area contributed by atoms with Gasteiger partial charge in [0, 0.05) is 11.1 Å². The fourth-order valence-corrected chi connectivity index (χ4v) is 2.40. The predicted octanol–water partition coefficient (Wildman–Crippen LogP) is 2.01. The van der Waals surface area contributed by atoms with E-state index in [9.17, 15) is 9.59 Å². The molecule has 1 unspecified atom stereocenters. The van der Waals surface area contributed by atoms with Gasteiger partial charge in [-0.2, -0.15) is 0 Å². The van der Waals surface area contributed by atoms with Gasteiger partial charge < -0.3 is 14.2 Å². The van der Waals surface area contributed by atoms with Crippen LogP contribution in [-0.2, 0) is 16.0 Å². The fraction of sp³-hybridized carbons (Fsp3) is 0.467. The molecule has 1 aliphatic carbocycles. The summed E-state index contributed by atoms with van der Waals surface area (Å²) in [6.07, 6.45) is 1.04. The molecule has 5 heteroatoms. The van der Waals surface area contributed by atoms with Crippen molar-refractivity contribution in [1.29, 1.82) is 0 Å². The highest BCUT2D eigenvalue weighted by atomic mass is 16.5. The molecule has 5 nitrogen and oxygen atoms in total. The van der Waals surface area contributed by atoms with Gasteiger partial charge in [-0.25, -0.2) is 0 Å². The van der Waals surface area contributed by atoms with Gasteiger partial charge in [0.2, 0.25) is 0 Å². The van der Waals surface area contributed by atoms with E-state index in [-0.39, 0.29) is 5.78 Å². The minimum absolute atomic E-state index is 0.206. The molecule has 0 aromatic heterocycles. The van der Waals surface area contributed by atoms with Crippen LogP contribution in [0.3, 0.4) is 0 Å². The van der Waals surface area contributed by atoms with Crippen molar-refractivity contribution in [1.82, 2.24) is 0 Å². The number of benzene rings is 1. The largest absolute Gasteiger partial charge is 0.493 e. The van der Waals surface area contributed by atoms with Crippen LogP contribution in [0.1, 0.15) is 29.3 Å². The summed E-state index contributed by atoms with van der Waals surface area (Å²) >= 11 is 0. The highest BCUT2D eigenvalue weighted by Crippen LogP contribution is 2.40. The molecule has 0 saturated carbocycles. The topological polar surface area (TPSA) is 61.8 Å². The lowest BCUT2D eigenvalue weighted by molar-refractivity contribution is -0.146. The van der Waals surface area contributed by atoms with Crippen molar-refractivity contribution in [2.75, 3.05) is 20.8 Å². The molecule has 0 spiro atoms. The standard InChI is InChI=1S/C15H18O5/c1-4-7-20-15(17)11-8-10-9(13(11)16)5-6-12(18-2)14(10)19-3/h5-6,11H,4,7-8H2,1-3H3. The summed E-state index contributed by atoms with van der Waals surface area (Å²) in [5.41, 5.74) is 1.23. The molecule has 0 radical (unpaired) electrons. The van der Waals surface area contributed by atoms with E-state index in [1.54, 1.807) is 12.1 Å². The maximum atomic E-state index is 12.3. The number of Topliss-reactive ketones (excluding diaryl/α,β-unsaturated/α-hetero) is 1. The van der Waals surface area contributed by atoms with Crippen molar-refractivity contribution in [2.24, 2.45) is 5.92 Å². The summed E-state index contributed by atoms with van der Waals surface area (Å²) < 4.78 is 15.6. The second-order valence-electron chi connectivity index (χ2n) is 4.62. The summed E-state index contributed by atoms with van der Waals surface area (Å²) in [6.45, 7) is 2.24. The lowest BCUT2D eigenvalue weighted by atomic mass is 10.1. The van der Waals surface area contributed by atoms with E-state index >= 15 is 0 Å². The number of methoxy groups -OCH3 is 2. The lowest BCUT2D eigenvalue weighted by Crippen LogP contribution is -2.23. The van der Waals surface area contributed by atoms with Crippen LogP contribution in [-0.4, -0.2) is 32.6 Å². The van der Waals surface area contributed by atoms with E-state index in [0.29, 0.717) is 30.1 Å². The molecule has 0 aliphatic heterocycles. The van der Waals surface area contributed by atoms with Gasteiger partial charge in [-0.1, -0.05) is 6.92 Å². The van der Waals surface area contributed by atoms with Crippen molar-refractivity contribution in [3.05, 3.63) is 23.3 Å². The van der Waals surface area contributed by atoms with Crippen LogP contribution in [0.25, 0.3) is 0 Å². The zero-order chi connectivity index (χ0) is 14.7. The Morgan fingerprint density at radius 1 is 1.30 bits per heavy atom. The number of ether oxygens (including phenoxy) is 3. The zero-order valence-electron chi connectivity index (χ0n) is 11.9. The predicted molar refractivity (Wildman–Crippen MR) is 72.3 cm³/mol. The van der Waals surface area contributed by atoms with Crippen molar-refractivity contribution < 1.29 is 23.8 Å². The first-order valence-electron chi connectivity index (χ1n) is 6.58. The third-order valence-corrected chi connectivity index (χ3v) is 3.37. The molecule has 1 aromatic carbocycles. The van der Waals surface area contributed by atoms with Crippen LogP contribution >= 0.6 is 0 Å². The number of carbonyl (C=O) groups excluding carboxylic acids is 2. The monoisotopic (exact) mass is 278 g/mol. The third-order valence-electron chi connectivity index (χ3n) is 3.37. The van der Waals surface area contributed by atoms with Crippen molar-refractivity contribution >= 4 is 11.8 Å². The van der Waals surface area contributed by atoms with Gasteiger partial charge in [0.1, 0.15) is 5.92 Å². The molecule has 0 N–H and O–H groups in total. The van der Waals surface area contributed by atoms with Crippen molar-refractivity contribution in [3.8, 4) is 11.5 Å². The Hall–Kier alpha value is -2.04. The molecule has 1 aliphatic rings. The number of esters is 1. The molecule has 0 amide bonds. The Kier molecular flexibility index (Phi) is 4.27. The first-order chi connectivity index (χ1) is 9.63. The van der Waals surface area contributed by atoms with Gasteiger partial charge >= 0.3 is 5.97 Å². The second kappa shape index (κ2) is 5.94. The summed E-state index contributed by atoms with van der Waals surface area (Å²) in [6, 6.07) is 3.35. The quantitative estimate of drug-likeness (QED) is 0.609. The molecule has 20 heavy (non-hydrogen) atoms. The SMILES string of the molecule is CCCOC(=O)C1Cc2c(ccc(OC)c2OC)C1=O. The van der Waals surface area contributed by atoms with Crippen LogP contribution in [0, 0.1) is 5.92 Å². The maximum Gasteiger partial charge on any atom is 0.317 e. The van der Waals surface area contributed by atoms with E-state index in [0.717, 1.165) is 12.0 Å². The number of hydrogen-bond donors (Lipinski definition) is 0. The maximum absolute atomic E-state index is 12.3. The van der Waals surface area contributed by atoms with Crippen LogP contribution in [0.2, 0.25) is 0 Å². The van der Waals surface area contributed by atoms with Gasteiger partial charge in [-0.15, -0.1) is 0 Å². The average Bonchev–Trinajstić information content (AvgIpc) is 2.81. The summed E-state index contributed by atoms with van der Waals surface area (Å²) in [5.74, 6) is -0.362. The highest BCUT2D eigenvalue weighted by molar-refractivity contribution is 6.12. The Labute approximate surface area is 117 Å². The molecule has 1 aromatic rings. The first-order valence-corrected chi connectivity index (χ1v) is 6.58. The van der Waals surface area contributed by atoms with Gasteiger partial charge in [0.25, 0.3) is 0 Å². The Bertz CT molecular complexity index is 535. The molecule has 2 rings (SSSR count). The number of rotatable bonds is 5. The highest BCUT2D eigenvalue weighted by Gasteiger charge is 2.39. The van der Waals surface area contributed by atoms with Crippen LogP contribution in [0.5, 0.6) is 11.5 Å². The Morgan fingerprint density at radius 3 is 2.65 bits per heavy atom. The number of ketones is 1. The molecule has 0 fully saturated rings. The van der Waals surface area contributed by atoms with E-state index < -0.39 is 11.9 Å². The molecular weight excluding hydrogens is 260 g/mol. The van der Waals surface area contributed by atoms with E-state index in [4.69, 9.17) is 14.2 Å². The third kappa shape index (κ3) is 2.35. The second-order valence-corrected chi connectivity index (χ2v) is 4.62. The molecule has 0 saturated heterocycles. The van der Waals surface area contributed by atoms with Crippen LogP contribution in [0.4, 0.5) is 0 Å². The number of fused-ring (bicyclic) bond motifs is 1. The smallest absolute Gasteiger partial charge is 0.317 e. The Morgan fingerprint density at radius 2 is 2.05 bits per heavy atom. The van der Waals surface area contributed by atoms with Crippen molar-refractivity contribution in [2.45, 2.75) is 19.8 Å². The van der Waals surface area contributed by atoms with Gasteiger partial charge in [-0.05, 0) is 25.0 Å². The van der Waals surface area contributed by atoms with Gasteiger partial charge in [0.15, 0.2) is 17.3 Å². The van der Waals surface area contributed by atoms with E-state index in [2.05, 4.69) is 0 Å². The fourth-order valence-electron chi connectivity index (χ4n) is 2.40. The molecular formula is C15H18O5. The molecule has 1 atom stereocenters. The van der Waals surface area contributed by atoms with Gasteiger partial charge in [-0.3, -0.25) is 9.59 Å². The minimum atomic E-state index is -0.766. The van der Waals surface area contributed by atoms with Crippen molar-refractivity contribution in [3.63, 3.8) is 0 Å². The molecule has 0 heterocycles. The molecule has 0 bridgehead atoms. The first kappa shape index (κ1) is 14.4. The van der Waals surface area contributed by atoms with Crippen LogP contribution < -0.4 is 9.47 Å². The molecule has 108 valence electrons.